The highest BCUT2D eigenvalue weighted by Crippen LogP contribution is 2.51. The van der Waals surface area contributed by atoms with Crippen molar-refractivity contribution in [2.45, 2.75) is 96.3 Å². The summed E-state index contributed by atoms with van der Waals surface area (Å²) >= 11 is 0. The van der Waals surface area contributed by atoms with Gasteiger partial charge in [0.05, 0.1) is 0 Å². The Morgan fingerprint density at radius 3 is 2.03 bits per heavy atom. The molecule has 3 saturated carbocycles. The maximum atomic E-state index is 13.6. The number of benzene rings is 1. The molecule has 1 aromatic rings. The van der Waals surface area contributed by atoms with E-state index in [-0.39, 0.29) is 5.82 Å². The Morgan fingerprint density at radius 2 is 1.35 bits per heavy atom. The zero-order chi connectivity index (χ0) is 21.2. The van der Waals surface area contributed by atoms with E-state index in [9.17, 15) is 4.39 Å². The lowest BCUT2D eigenvalue weighted by Gasteiger charge is -2.47. The molecule has 170 valence electrons. The Balaban J connectivity index is 1.11. The molecule has 0 saturated heterocycles. The van der Waals surface area contributed by atoms with E-state index in [1.54, 1.807) is 18.6 Å². The number of rotatable bonds is 5. The third kappa shape index (κ3) is 4.96. The molecule has 1 aromatic carbocycles. The standard InChI is InChI=1S/C30H43F/c1-2-3-4-21-5-7-22(8-6-21)23-9-10-25-18-26(12-11-24(25)17-23)27-13-14-29-20-30(31)16-15-28(29)19-27/h2,15-16,20-27H,1,3-14,17-19H2. The van der Waals surface area contributed by atoms with Crippen LogP contribution in [0.5, 0.6) is 0 Å². The zero-order valence-corrected chi connectivity index (χ0v) is 19.5. The molecule has 4 aliphatic carbocycles. The summed E-state index contributed by atoms with van der Waals surface area (Å²) in [5, 5.41) is 0. The largest absolute Gasteiger partial charge is 0.207 e. The predicted octanol–water partition coefficient (Wildman–Crippen LogP) is 8.54. The Labute approximate surface area is 190 Å². The topological polar surface area (TPSA) is 0 Å². The fourth-order valence-electron chi connectivity index (χ4n) is 8.27. The molecule has 4 aliphatic rings. The number of hydrogen-bond donors (Lipinski definition) is 0. The van der Waals surface area contributed by atoms with Gasteiger partial charge in [0.25, 0.3) is 0 Å². The van der Waals surface area contributed by atoms with Gasteiger partial charge < -0.3 is 0 Å². The van der Waals surface area contributed by atoms with E-state index in [0.717, 1.165) is 47.8 Å². The molecule has 5 atom stereocenters. The summed E-state index contributed by atoms with van der Waals surface area (Å²) in [6.45, 7) is 3.91. The lowest BCUT2D eigenvalue weighted by atomic mass is 9.58. The van der Waals surface area contributed by atoms with Gasteiger partial charge in [-0.15, -0.1) is 6.58 Å². The van der Waals surface area contributed by atoms with Crippen molar-refractivity contribution in [3.8, 4) is 0 Å². The summed E-state index contributed by atoms with van der Waals surface area (Å²) in [4.78, 5) is 0. The van der Waals surface area contributed by atoms with Crippen LogP contribution in [-0.2, 0) is 12.8 Å². The summed E-state index contributed by atoms with van der Waals surface area (Å²) in [7, 11) is 0. The molecule has 5 unspecified atom stereocenters. The molecule has 0 bridgehead atoms. The minimum atomic E-state index is -0.0558. The molecule has 0 aliphatic heterocycles. The van der Waals surface area contributed by atoms with E-state index in [1.165, 1.54) is 94.6 Å². The van der Waals surface area contributed by atoms with Crippen LogP contribution in [0.4, 0.5) is 4.39 Å². The summed E-state index contributed by atoms with van der Waals surface area (Å²) in [6.07, 6.45) is 23.3. The molecule has 0 N–H and O–H groups in total. The first-order valence-electron chi connectivity index (χ1n) is 13.6. The van der Waals surface area contributed by atoms with E-state index < -0.39 is 0 Å². The van der Waals surface area contributed by atoms with Crippen molar-refractivity contribution < 1.29 is 4.39 Å². The number of allylic oxidation sites excluding steroid dienone is 1. The molecule has 3 fully saturated rings. The second kappa shape index (κ2) is 9.80. The van der Waals surface area contributed by atoms with Gasteiger partial charge in [-0.3, -0.25) is 0 Å². The summed E-state index contributed by atoms with van der Waals surface area (Å²) in [5.41, 5.74) is 2.72. The fraction of sp³-hybridized carbons (Fsp3) is 0.733. The molecule has 0 spiro atoms. The average Bonchev–Trinajstić information content (AvgIpc) is 2.82. The first-order chi connectivity index (χ1) is 15.2. The van der Waals surface area contributed by atoms with Gasteiger partial charge in [-0.25, -0.2) is 4.39 Å². The second-order valence-corrected chi connectivity index (χ2v) is 11.7. The summed E-state index contributed by atoms with van der Waals surface area (Å²) < 4.78 is 13.6. The van der Waals surface area contributed by atoms with Crippen LogP contribution in [-0.4, -0.2) is 0 Å². The van der Waals surface area contributed by atoms with Crippen molar-refractivity contribution in [2.75, 3.05) is 0 Å². The minimum Gasteiger partial charge on any atom is -0.207 e. The Bertz CT molecular complexity index is 743. The highest BCUT2D eigenvalue weighted by atomic mass is 19.1. The molecular weight excluding hydrogens is 379 g/mol. The summed E-state index contributed by atoms with van der Waals surface area (Å²) in [6, 6.07) is 5.53. The minimum absolute atomic E-state index is 0.0558. The van der Waals surface area contributed by atoms with Crippen molar-refractivity contribution >= 4 is 0 Å². The quantitative estimate of drug-likeness (QED) is 0.417. The number of aryl methyl sites for hydroxylation is 1. The Morgan fingerprint density at radius 1 is 0.742 bits per heavy atom. The fourth-order valence-corrected chi connectivity index (χ4v) is 8.27. The van der Waals surface area contributed by atoms with Crippen LogP contribution in [0.3, 0.4) is 0 Å². The lowest BCUT2D eigenvalue weighted by Crippen LogP contribution is -2.37. The highest BCUT2D eigenvalue weighted by molar-refractivity contribution is 5.30. The zero-order valence-electron chi connectivity index (χ0n) is 19.5. The molecule has 0 amide bonds. The molecule has 0 aromatic heterocycles. The van der Waals surface area contributed by atoms with Gasteiger partial charge in [0.15, 0.2) is 0 Å². The van der Waals surface area contributed by atoms with E-state index in [2.05, 4.69) is 18.7 Å². The normalized spacial score (nSPS) is 38.2. The third-order valence-electron chi connectivity index (χ3n) is 10.1. The lowest BCUT2D eigenvalue weighted by molar-refractivity contribution is 0.0440. The van der Waals surface area contributed by atoms with Crippen LogP contribution in [0, 0.1) is 47.2 Å². The van der Waals surface area contributed by atoms with Crippen molar-refractivity contribution in [1.82, 2.24) is 0 Å². The monoisotopic (exact) mass is 422 g/mol. The molecule has 31 heavy (non-hydrogen) atoms. The number of hydrogen-bond acceptors (Lipinski definition) is 0. The molecule has 0 radical (unpaired) electrons. The maximum absolute atomic E-state index is 13.6. The van der Waals surface area contributed by atoms with E-state index in [4.69, 9.17) is 0 Å². The van der Waals surface area contributed by atoms with Gasteiger partial charge in [0, 0.05) is 0 Å². The highest BCUT2D eigenvalue weighted by Gasteiger charge is 2.40. The Kier molecular flexibility index (Phi) is 6.87. The van der Waals surface area contributed by atoms with Gasteiger partial charge in [0.1, 0.15) is 5.82 Å². The number of halogens is 1. The van der Waals surface area contributed by atoms with Crippen molar-refractivity contribution in [3.05, 3.63) is 47.8 Å². The van der Waals surface area contributed by atoms with Gasteiger partial charge in [-0.2, -0.15) is 0 Å². The maximum Gasteiger partial charge on any atom is 0.123 e. The molecule has 0 heterocycles. The smallest absolute Gasteiger partial charge is 0.123 e. The van der Waals surface area contributed by atoms with Gasteiger partial charge >= 0.3 is 0 Å². The van der Waals surface area contributed by atoms with Crippen molar-refractivity contribution in [2.24, 2.45) is 41.4 Å². The summed E-state index contributed by atoms with van der Waals surface area (Å²) in [5.74, 6) is 6.81. The van der Waals surface area contributed by atoms with Crippen LogP contribution in [0.2, 0.25) is 0 Å². The van der Waals surface area contributed by atoms with Crippen LogP contribution in [0.1, 0.15) is 94.6 Å². The van der Waals surface area contributed by atoms with Crippen LogP contribution >= 0.6 is 0 Å². The average molecular weight is 423 g/mol. The van der Waals surface area contributed by atoms with E-state index >= 15 is 0 Å². The van der Waals surface area contributed by atoms with Crippen LogP contribution in [0.15, 0.2) is 30.9 Å². The first kappa shape index (κ1) is 21.7. The van der Waals surface area contributed by atoms with Crippen LogP contribution in [0.25, 0.3) is 0 Å². The van der Waals surface area contributed by atoms with Gasteiger partial charge in [-0.1, -0.05) is 25.0 Å². The molecule has 1 heteroatoms. The van der Waals surface area contributed by atoms with Gasteiger partial charge in [-0.05, 0) is 148 Å². The second-order valence-electron chi connectivity index (χ2n) is 11.7. The SMILES string of the molecule is C=CCCC1CCC(C2CCC3CC(C4CCc5cc(F)ccc5C4)CCC3C2)CC1. The Hall–Kier alpha value is -1.11. The van der Waals surface area contributed by atoms with Crippen molar-refractivity contribution in [1.29, 1.82) is 0 Å². The number of fused-ring (bicyclic) bond motifs is 2. The molecule has 5 rings (SSSR count). The van der Waals surface area contributed by atoms with Gasteiger partial charge in [0.2, 0.25) is 0 Å². The van der Waals surface area contributed by atoms with Crippen molar-refractivity contribution in [3.63, 3.8) is 0 Å². The third-order valence-corrected chi connectivity index (χ3v) is 10.1. The molecular formula is C30H43F. The molecule has 0 nitrogen and oxygen atoms in total. The van der Waals surface area contributed by atoms with E-state index in [1.807, 2.05) is 0 Å². The van der Waals surface area contributed by atoms with E-state index in [0.29, 0.717) is 0 Å². The predicted molar refractivity (Wildman–Crippen MR) is 128 cm³/mol. The van der Waals surface area contributed by atoms with Crippen LogP contribution < -0.4 is 0 Å². The first-order valence-corrected chi connectivity index (χ1v) is 13.6.